The molecule has 0 bridgehead atoms. The number of benzene rings is 1. The van der Waals surface area contributed by atoms with E-state index in [1.165, 1.54) is 12.1 Å². The van der Waals surface area contributed by atoms with Gasteiger partial charge in [-0.2, -0.15) is 0 Å². The minimum atomic E-state index is -4.72. The van der Waals surface area contributed by atoms with Gasteiger partial charge in [0, 0.05) is 0 Å². The van der Waals surface area contributed by atoms with Crippen molar-refractivity contribution in [2.45, 2.75) is 18.4 Å². The number of ether oxygens (including phenoxy) is 1. The second-order valence-corrected chi connectivity index (χ2v) is 6.30. The first-order valence-electron chi connectivity index (χ1n) is 6.81. The SMILES string of the molecule is C#CC1C(Nc2ccccc2C(=O)O)OC(COP(=O)(O)O)C1O. The molecule has 4 atom stereocenters. The minimum absolute atomic E-state index is 0.0127. The van der Waals surface area contributed by atoms with Crippen LogP contribution in [0.25, 0.3) is 0 Å². The fraction of sp³-hybridized carbons (Fsp3) is 0.357. The van der Waals surface area contributed by atoms with Crippen LogP contribution >= 0.6 is 7.82 Å². The van der Waals surface area contributed by atoms with E-state index in [-0.39, 0.29) is 11.3 Å². The molecule has 10 heteroatoms. The van der Waals surface area contributed by atoms with Crippen LogP contribution in [0.3, 0.4) is 0 Å². The molecule has 9 nitrogen and oxygen atoms in total. The quantitative estimate of drug-likeness (QED) is 0.357. The molecule has 0 spiro atoms. The van der Waals surface area contributed by atoms with Gasteiger partial charge in [0.25, 0.3) is 0 Å². The average Bonchev–Trinajstić information content (AvgIpc) is 2.80. The molecule has 1 aromatic rings. The van der Waals surface area contributed by atoms with Crippen LogP contribution in [-0.4, -0.2) is 51.0 Å². The van der Waals surface area contributed by atoms with Crippen molar-refractivity contribution in [1.82, 2.24) is 0 Å². The lowest BCUT2D eigenvalue weighted by atomic mass is 10.0. The molecule has 1 heterocycles. The Balaban J connectivity index is 2.14. The van der Waals surface area contributed by atoms with Gasteiger partial charge in [0.15, 0.2) is 0 Å². The fourth-order valence-corrected chi connectivity index (χ4v) is 2.67. The molecule has 0 aromatic heterocycles. The Hall–Kier alpha value is -1.92. The average molecular weight is 357 g/mol. The Morgan fingerprint density at radius 1 is 1.42 bits per heavy atom. The minimum Gasteiger partial charge on any atom is -0.478 e. The molecular weight excluding hydrogens is 341 g/mol. The summed E-state index contributed by atoms with van der Waals surface area (Å²) < 4.78 is 20.5. The number of terminal acetylenes is 1. The number of carbonyl (C=O) groups is 1. The second-order valence-electron chi connectivity index (χ2n) is 5.06. The first kappa shape index (κ1) is 18.4. The van der Waals surface area contributed by atoms with Crippen molar-refractivity contribution in [2.75, 3.05) is 11.9 Å². The van der Waals surface area contributed by atoms with Crippen LogP contribution in [0.5, 0.6) is 0 Å². The zero-order valence-corrected chi connectivity index (χ0v) is 13.2. The summed E-state index contributed by atoms with van der Waals surface area (Å²) in [7, 11) is -4.72. The topological polar surface area (TPSA) is 146 Å². The molecular formula is C14H16NO8P. The summed E-state index contributed by atoms with van der Waals surface area (Å²) in [6, 6.07) is 6.05. The molecule has 1 saturated heterocycles. The van der Waals surface area contributed by atoms with Crippen molar-refractivity contribution in [2.24, 2.45) is 5.92 Å². The van der Waals surface area contributed by atoms with Crippen molar-refractivity contribution in [1.29, 1.82) is 0 Å². The standard InChI is InChI=1S/C14H16NO8P/c1-2-8-12(16)11(7-22-24(19,20)21)23-13(8)15-10-6-4-3-5-9(10)14(17)18/h1,3-6,8,11-13,15-16H,7H2,(H,17,18)(H2,19,20,21). The fourth-order valence-electron chi connectivity index (χ4n) is 2.33. The highest BCUT2D eigenvalue weighted by Gasteiger charge is 2.44. The molecule has 130 valence electrons. The van der Waals surface area contributed by atoms with Gasteiger partial charge in [0.1, 0.15) is 18.4 Å². The van der Waals surface area contributed by atoms with Gasteiger partial charge in [-0.1, -0.05) is 18.1 Å². The van der Waals surface area contributed by atoms with Gasteiger partial charge >= 0.3 is 13.8 Å². The molecule has 1 aliphatic rings. The molecule has 1 aromatic carbocycles. The number of rotatable bonds is 6. The molecule has 0 amide bonds. The maximum absolute atomic E-state index is 11.2. The zero-order valence-electron chi connectivity index (χ0n) is 12.3. The molecule has 0 radical (unpaired) electrons. The largest absolute Gasteiger partial charge is 0.478 e. The highest BCUT2D eigenvalue weighted by atomic mass is 31.2. The van der Waals surface area contributed by atoms with Gasteiger partial charge < -0.3 is 30.1 Å². The van der Waals surface area contributed by atoms with Crippen molar-refractivity contribution >= 4 is 19.5 Å². The van der Waals surface area contributed by atoms with E-state index < -0.39 is 44.8 Å². The molecule has 24 heavy (non-hydrogen) atoms. The number of aliphatic hydroxyl groups excluding tert-OH is 1. The summed E-state index contributed by atoms with van der Waals surface area (Å²) in [6.07, 6.45) is 2.11. The van der Waals surface area contributed by atoms with Crippen LogP contribution < -0.4 is 5.32 Å². The van der Waals surface area contributed by atoms with E-state index in [2.05, 4.69) is 15.8 Å². The number of nitrogens with one attached hydrogen (secondary N) is 1. The number of aliphatic hydroxyl groups is 1. The molecule has 1 aliphatic heterocycles. The summed E-state index contributed by atoms with van der Waals surface area (Å²) in [5.41, 5.74) is 0.222. The van der Waals surface area contributed by atoms with E-state index in [0.717, 1.165) is 0 Å². The summed E-state index contributed by atoms with van der Waals surface area (Å²) in [5, 5.41) is 22.1. The monoisotopic (exact) mass is 357 g/mol. The third-order valence-corrected chi connectivity index (χ3v) is 3.94. The molecule has 0 saturated carbocycles. The molecule has 1 fully saturated rings. The highest BCUT2D eigenvalue weighted by molar-refractivity contribution is 7.46. The van der Waals surface area contributed by atoms with Gasteiger partial charge in [0.05, 0.1) is 23.8 Å². The lowest BCUT2D eigenvalue weighted by Crippen LogP contribution is -2.31. The number of phosphoric ester groups is 1. The maximum atomic E-state index is 11.2. The van der Waals surface area contributed by atoms with Gasteiger partial charge in [-0.15, -0.1) is 6.42 Å². The highest BCUT2D eigenvalue weighted by Crippen LogP contribution is 2.38. The van der Waals surface area contributed by atoms with Crippen molar-refractivity contribution < 1.29 is 38.6 Å². The van der Waals surface area contributed by atoms with E-state index in [0.29, 0.717) is 0 Å². The van der Waals surface area contributed by atoms with Gasteiger partial charge in [0.2, 0.25) is 0 Å². The van der Waals surface area contributed by atoms with Crippen LogP contribution in [0.1, 0.15) is 10.4 Å². The summed E-state index contributed by atoms with van der Waals surface area (Å²) in [6.45, 7) is -0.567. The summed E-state index contributed by atoms with van der Waals surface area (Å²) in [5.74, 6) is 0.304. The van der Waals surface area contributed by atoms with Crippen LogP contribution in [0.15, 0.2) is 24.3 Å². The van der Waals surface area contributed by atoms with Crippen molar-refractivity contribution in [3.63, 3.8) is 0 Å². The molecule has 5 N–H and O–H groups in total. The van der Waals surface area contributed by atoms with Crippen molar-refractivity contribution in [3.8, 4) is 12.3 Å². The summed E-state index contributed by atoms with van der Waals surface area (Å²) >= 11 is 0. The lowest BCUT2D eigenvalue weighted by Gasteiger charge is -2.19. The van der Waals surface area contributed by atoms with E-state index >= 15 is 0 Å². The van der Waals surface area contributed by atoms with E-state index in [9.17, 15) is 14.5 Å². The van der Waals surface area contributed by atoms with Gasteiger partial charge in [-0.25, -0.2) is 9.36 Å². The maximum Gasteiger partial charge on any atom is 0.469 e. The number of carboxylic acids is 1. The smallest absolute Gasteiger partial charge is 0.469 e. The first-order valence-corrected chi connectivity index (χ1v) is 8.34. The Bertz CT molecular complexity index is 696. The zero-order chi connectivity index (χ0) is 17.9. The second kappa shape index (κ2) is 7.32. The first-order chi connectivity index (χ1) is 11.2. The number of para-hydroxylation sites is 1. The Morgan fingerprint density at radius 3 is 2.67 bits per heavy atom. The van der Waals surface area contributed by atoms with E-state index in [1.54, 1.807) is 12.1 Å². The van der Waals surface area contributed by atoms with E-state index in [1.807, 2.05) is 0 Å². The molecule has 0 aliphatic carbocycles. The predicted molar refractivity (Wildman–Crippen MR) is 82.0 cm³/mol. The third kappa shape index (κ3) is 4.33. The van der Waals surface area contributed by atoms with Gasteiger partial charge in [-0.3, -0.25) is 4.52 Å². The Kier molecular flexibility index (Phi) is 5.62. The Labute approximate surface area is 137 Å². The van der Waals surface area contributed by atoms with Crippen LogP contribution in [0.2, 0.25) is 0 Å². The van der Waals surface area contributed by atoms with Crippen LogP contribution in [0.4, 0.5) is 5.69 Å². The normalized spacial score (nSPS) is 26.8. The number of anilines is 1. The number of hydrogen-bond acceptors (Lipinski definition) is 6. The van der Waals surface area contributed by atoms with Gasteiger partial charge in [-0.05, 0) is 12.1 Å². The van der Waals surface area contributed by atoms with Crippen LogP contribution in [-0.2, 0) is 13.8 Å². The van der Waals surface area contributed by atoms with E-state index in [4.69, 9.17) is 26.1 Å². The number of aromatic carboxylic acids is 1. The number of hydrogen-bond donors (Lipinski definition) is 5. The van der Waals surface area contributed by atoms with Crippen molar-refractivity contribution in [3.05, 3.63) is 29.8 Å². The third-order valence-electron chi connectivity index (χ3n) is 3.45. The predicted octanol–water partition coefficient (Wildman–Crippen LogP) is 0.241. The number of phosphoric acid groups is 1. The summed E-state index contributed by atoms with van der Waals surface area (Å²) in [4.78, 5) is 28.6. The molecule has 4 unspecified atom stereocenters. The Morgan fingerprint density at radius 2 is 2.08 bits per heavy atom. The number of carboxylic acid groups (broad SMARTS) is 1. The molecule has 2 rings (SSSR count). The lowest BCUT2D eigenvalue weighted by molar-refractivity contribution is -0.0147. The van der Waals surface area contributed by atoms with Crippen LogP contribution in [0, 0.1) is 18.3 Å².